The third kappa shape index (κ3) is 39.3. The number of allylic oxidation sites excluding steroid dienone is 5. The zero-order chi connectivity index (χ0) is 60.9. The summed E-state index contributed by atoms with van der Waals surface area (Å²) in [7, 11) is 0. The third-order valence-electron chi connectivity index (χ3n) is 17.3. The van der Waals surface area contributed by atoms with Crippen LogP contribution in [0.1, 0.15) is 309 Å². The lowest BCUT2D eigenvalue weighted by Gasteiger charge is -2.46. The van der Waals surface area contributed by atoms with Crippen molar-refractivity contribution in [2.75, 3.05) is 19.8 Å². The molecule has 494 valence electrons. The maximum absolute atomic E-state index is 13.3. The molecule has 0 aromatic carbocycles. The first-order chi connectivity index (χ1) is 41.1. The van der Waals surface area contributed by atoms with Gasteiger partial charge in [-0.3, -0.25) is 4.79 Å². The summed E-state index contributed by atoms with van der Waals surface area (Å²) >= 11 is 0. The number of hydrogen-bond acceptors (Lipinski definition) is 13. The molecule has 14 nitrogen and oxygen atoms in total. The number of unbranched alkanes of at least 4 members (excludes halogenated alkanes) is 41. The molecule has 1 amide bonds. The number of hydrogen-bond donors (Lipinski definition) is 9. The summed E-state index contributed by atoms with van der Waals surface area (Å²) in [6, 6.07) is -0.936. The molecule has 2 rings (SSSR count). The summed E-state index contributed by atoms with van der Waals surface area (Å²) in [5.74, 6) is -0.247. The van der Waals surface area contributed by atoms with Crippen molar-refractivity contribution in [1.82, 2.24) is 5.32 Å². The first kappa shape index (κ1) is 78.3. The zero-order valence-corrected chi connectivity index (χ0v) is 53.7. The number of rotatable bonds is 58. The minimum absolute atomic E-state index is 0.247. The summed E-state index contributed by atoms with van der Waals surface area (Å²) in [5.41, 5.74) is 0. The van der Waals surface area contributed by atoms with Gasteiger partial charge in [-0.1, -0.05) is 294 Å². The lowest BCUT2D eigenvalue weighted by atomic mass is 9.97. The molecule has 0 radical (unpaired) electrons. The van der Waals surface area contributed by atoms with Crippen LogP contribution in [0.15, 0.2) is 36.5 Å². The van der Waals surface area contributed by atoms with Gasteiger partial charge in [0.25, 0.3) is 0 Å². The van der Waals surface area contributed by atoms with Crippen LogP contribution in [-0.2, 0) is 23.7 Å². The minimum atomic E-state index is -1.79. The molecule has 0 spiro atoms. The monoisotopic (exact) mass is 1190 g/mol. The molecule has 2 aliphatic rings. The highest BCUT2D eigenvalue weighted by molar-refractivity contribution is 5.76. The van der Waals surface area contributed by atoms with Gasteiger partial charge in [0.05, 0.1) is 32.0 Å². The second-order valence-corrected chi connectivity index (χ2v) is 25.0. The van der Waals surface area contributed by atoms with Crippen molar-refractivity contribution in [1.29, 1.82) is 0 Å². The molecular weight excluding hydrogens is 1060 g/mol. The average molecular weight is 1190 g/mol. The summed E-state index contributed by atoms with van der Waals surface area (Å²) in [6.45, 7) is 2.81. The first-order valence-electron chi connectivity index (χ1n) is 35.2. The maximum atomic E-state index is 13.3. The smallest absolute Gasteiger partial charge is 0.220 e. The Morgan fingerprint density at radius 2 is 0.762 bits per heavy atom. The number of aliphatic hydroxyl groups excluding tert-OH is 8. The van der Waals surface area contributed by atoms with Crippen LogP contribution in [0.4, 0.5) is 0 Å². The molecule has 0 aromatic heterocycles. The van der Waals surface area contributed by atoms with Gasteiger partial charge in [-0.15, -0.1) is 0 Å². The van der Waals surface area contributed by atoms with Crippen molar-refractivity contribution in [3.63, 3.8) is 0 Å². The van der Waals surface area contributed by atoms with E-state index in [4.69, 9.17) is 18.9 Å². The predicted octanol–water partition coefficient (Wildman–Crippen LogP) is 14.1. The summed E-state index contributed by atoms with van der Waals surface area (Å²) < 4.78 is 22.8. The quantitative estimate of drug-likeness (QED) is 0.0204. The van der Waals surface area contributed by atoms with E-state index < -0.39 is 86.8 Å². The molecule has 2 heterocycles. The Labute approximate surface area is 512 Å². The Balaban J connectivity index is 1.65. The molecule has 2 saturated heterocycles. The standard InChI is InChI=1S/C70H131NO13/c1-3-5-7-9-11-13-15-17-19-21-23-24-25-26-27-28-29-30-31-32-33-34-35-36-38-40-42-44-46-48-50-52-54-62(75)71-58(59(74)53-51-49-47-45-43-41-39-37-22-20-18-16-14-12-10-8-6-4-2)57-81-69-67(80)65(78)68(61(56-73)83-69)84-70-66(79)64(77)63(76)60(55-72)82-70/h22,37,43,45,51,53,58-61,63-70,72-74,76-80H,3-21,23-36,38-42,44,46-50,52,54-57H2,1-2H3,(H,71,75)/b37-22+,45-43+,53-51+. The number of aliphatic hydroxyl groups is 8. The van der Waals surface area contributed by atoms with Crippen LogP contribution < -0.4 is 5.32 Å². The summed E-state index contributed by atoms with van der Waals surface area (Å²) in [6.07, 6.45) is 53.6. The molecule has 84 heavy (non-hydrogen) atoms. The van der Waals surface area contributed by atoms with Gasteiger partial charge in [0.15, 0.2) is 12.6 Å². The molecule has 2 fully saturated rings. The largest absolute Gasteiger partial charge is 0.394 e. The van der Waals surface area contributed by atoms with Crippen LogP contribution in [0.5, 0.6) is 0 Å². The van der Waals surface area contributed by atoms with Crippen LogP contribution >= 0.6 is 0 Å². The molecule has 12 atom stereocenters. The van der Waals surface area contributed by atoms with E-state index in [1.807, 2.05) is 6.08 Å². The van der Waals surface area contributed by atoms with Gasteiger partial charge in [-0.2, -0.15) is 0 Å². The number of amides is 1. The van der Waals surface area contributed by atoms with Crippen molar-refractivity contribution in [3.05, 3.63) is 36.5 Å². The molecule has 0 saturated carbocycles. The number of nitrogens with one attached hydrogen (secondary N) is 1. The molecule has 0 aromatic rings. The lowest BCUT2D eigenvalue weighted by Crippen LogP contribution is -2.65. The van der Waals surface area contributed by atoms with Crippen molar-refractivity contribution in [2.24, 2.45) is 0 Å². The predicted molar refractivity (Wildman–Crippen MR) is 341 cm³/mol. The van der Waals surface area contributed by atoms with Crippen molar-refractivity contribution >= 4 is 5.91 Å². The number of carbonyl (C=O) groups is 1. The molecule has 0 aliphatic carbocycles. The van der Waals surface area contributed by atoms with Crippen molar-refractivity contribution in [3.8, 4) is 0 Å². The van der Waals surface area contributed by atoms with Crippen molar-refractivity contribution < 1.29 is 64.6 Å². The number of ether oxygens (including phenoxy) is 4. The molecule has 9 N–H and O–H groups in total. The topological polar surface area (TPSA) is 228 Å². The van der Waals surface area contributed by atoms with E-state index in [1.165, 1.54) is 231 Å². The van der Waals surface area contributed by atoms with E-state index in [-0.39, 0.29) is 18.9 Å². The molecule has 12 unspecified atom stereocenters. The van der Waals surface area contributed by atoms with Crippen LogP contribution in [0.3, 0.4) is 0 Å². The van der Waals surface area contributed by atoms with E-state index in [9.17, 15) is 45.6 Å². The SMILES string of the molecule is CCCCCCCCCC/C=C/CC/C=C/CC/C=C/C(O)C(COC1OC(CO)C(OC2OC(CO)C(O)C(O)C2O)C(O)C1O)NC(=O)CCCCCCCCCCCCCCCCCCCCCCCCCCCCCCCCCC. The highest BCUT2D eigenvalue weighted by Gasteiger charge is 2.51. The Hall–Kier alpha value is -1.79. The Kier molecular flexibility index (Phi) is 51.5. The van der Waals surface area contributed by atoms with Gasteiger partial charge < -0.3 is 65.1 Å². The van der Waals surface area contributed by atoms with E-state index in [1.54, 1.807) is 6.08 Å². The van der Waals surface area contributed by atoms with E-state index in [0.717, 1.165) is 44.9 Å². The van der Waals surface area contributed by atoms with Gasteiger partial charge in [-0.05, 0) is 44.9 Å². The van der Waals surface area contributed by atoms with E-state index in [2.05, 4.69) is 43.5 Å². The maximum Gasteiger partial charge on any atom is 0.220 e. The first-order valence-corrected chi connectivity index (χ1v) is 35.2. The van der Waals surface area contributed by atoms with E-state index >= 15 is 0 Å². The van der Waals surface area contributed by atoms with Crippen molar-refractivity contribution in [2.45, 2.75) is 383 Å². The Morgan fingerprint density at radius 3 is 1.17 bits per heavy atom. The van der Waals surface area contributed by atoms with Gasteiger partial charge in [0.1, 0.15) is 48.8 Å². The third-order valence-corrected chi connectivity index (χ3v) is 17.3. The average Bonchev–Trinajstić information content (AvgIpc) is 3.36. The highest BCUT2D eigenvalue weighted by atomic mass is 16.7. The normalized spacial score (nSPS) is 23.8. The fourth-order valence-corrected chi connectivity index (χ4v) is 11.7. The molecule has 0 bridgehead atoms. The Bertz CT molecular complexity index is 1550. The van der Waals surface area contributed by atoms with Crippen LogP contribution in [0.25, 0.3) is 0 Å². The molecule has 2 aliphatic heterocycles. The minimum Gasteiger partial charge on any atom is -0.394 e. The lowest BCUT2D eigenvalue weighted by molar-refractivity contribution is -0.359. The summed E-state index contributed by atoms with van der Waals surface area (Å²) in [5, 5.41) is 87.3. The molecular formula is C70H131NO13. The zero-order valence-electron chi connectivity index (χ0n) is 53.7. The van der Waals surface area contributed by atoms with Gasteiger partial charge >= 0.3 is 0 Å². The van der Waals surface area contributed by atoms with Gasteiger partial charge in [0.2, 0.25) is 5.91 Å². The fraction of sp³-hybridized carbons (Fsp3) is 0.900. The number of carbonyl (C=O) groups excluding carboxylic acids is 1. The summed E-state index contributed by atoms with van der Waals surface area (Å²) in [4.78, 5) is 13.3. The van der Waals surface area contributed by atoms with Crippen LogP contribution in [0, 0.1) is 0 Å². The molecule has 14 heteroatoms. The second-order valence-electron chi connectivity index (χ2n) is 25.0. The van der Waals surface area contributed by atoms with Crippen LogP contribution in [0.2, 0.25) is 0 Å². The van der Waals surface area contributed by atoms with E-state index in [0.29, 0.717) is 12.8 Å². The van der Waals surface area contributed by atoms with Crippen LogP contribution in [-0.4, -0.2) is 140 Å². The van der Waals surface area contributed by atoms with Gasteiger partial charge in [0, 0.05) is 6.42 Å². The fourth-order valence-electron chi connectivity index (χ4n) is 11.7. The Morgan fingerprint density at radius 1 is 0.417 bits per heavy atom. The van der Waals surface area contributed by atoms with Gasteiger partial charge in [-0.25, -0.2) is 0 Å². The second kappa shape index (κ2) is 55.3. The highest BCUT2D eigenvalue weighted by Crippen LogP contribution is 2.30.